The van der Waals surface area contributed by atoms with Crippen LogP contribution in [0.15, 0.2) is 84.9 Å². The number of rotatable bonds is 14. The van der Waals surface area contributed by atoms with Crippen molar-refractivity contribution in [3.8, 4) is 0 Å². The Kier molecular flexibility index (Phi) is 10.3. The van der Waals surface area contributed by atoms with E-state index < -0.39 is 5.41 Å². The second kappa shape index (κ2) is 13.9. The van der Waals surface area contributed by atoms with E-state index in [0.717, 1.165) is 60.9 Å². The molecular weight excluding hydrogens is 498 g/mol. The fourth-order valence-electron chi connectivity index (χ4n) is 5.50. The first kappa shape index (κ1) is 28.3. The Morgan fingerprint density at radius 2 is 1.58 bits per heavy atom. The van der Waals surface area contributed by atoms with Crippen molar-refractivity contribution < 1.29 is 14.3 Å². The maximum Gasteiger partial charge on any atom is 0.232 e. The Hall–Kier alpha value is -2.74. The van der Waals surface area contributed by atoms with Gasteiger partial charge in [0.15, 0.2) is 0 Å². The van der Waals surface area contributed by atoms with Gasteiger partial charge in [-0.15, -0.1) is 0 Å². The van der Waals surface area contributed by atoms with E-state index in [2.05, 4.69) is 9.80 Å². The molecule has 0 bridgehead atoms. The zero-order chi connectivity index (χ0) is 26.8. The largest absolute Gasteiger partial charge is 0.369 e. The fourth-order valence-corrected chi connectivity index (χ4v) is 5.70. The molecule has 3 aromatic rings. The molecule has 7 heteroatoms. The lowest BCUT2D eigenvalue weighted by atomic mass is 9.64. The van der Waals surface area contributed by atoms with Gasteiger partial charge in [0.2, 0.25) is 5.91 Å². The molecule has 1 aliphatic heterocycles. The average molecular weight is 536 g/mol. The summed E-state index contributed by atoms with van der Waals surface area (Å²) in [4.78, 5) is 17.7. The number of nitrogens with two attached hydrogens (primary N) is 1. The predicted molar refractivity (Wildman–Crippen MR) is 152 cm³/mol. The van der Waals surface area contributed by atoms with E-state index >= 15 is 0 Å². The molecule has 0 aliphatic carbocycles. The van der Waals surface area contributed by atoms with Crippen LogP contribution in [-0.2, 0) is 26.2 Å². The molecule has 3 aromatic carbocycles. The Balaban J connectivity index is 1.24. The summed E-state index contributed by atoms with van der Waals surface area (Å²) in [7, 11) is 2.05. The fraction of sp³-hybridized carbons (Fsp3) is 0.387. The van der Waals surface area contributed by atoms with Gasteiger partial charge in [-0.1, -0.05) is 90.5 Å². The van der Waals surface area contributed by atoms with Gasteiger partial charge < -0.3 is 20.1 Å². The minimum atomic E-state index is -0.864. The maximum atomic E-state index is 13.2. The summed E-state index contributed by atoms with van der Waals surface area (Å²) in [5, 5.41) is 0.786. The molecule has 6 nitrogen and oxygen atoms in total. The number of hydrogen-bond donors (Lipinski definition) is 1. The number of carbonyl (C=O) groups excluding carboxylic acids is 1. The maximum absolute atomic E-state index is 13.2. The van der Waals surface area contributed by atoms with E-state index in [-0.39, 0.29) is 18.6 Å². The molecule has 1 aliphatic rings. The van der Waals surface area contributed by atoms with Gasteiger partial charge in [-0.05, 0) is 48.7 Å². The molecule has 38 heavy (non-hydrogen) atoms. The summed E-state index contributed by atoms with van der Waals surface area (Å²) < 4.78 is 11.4. The highest BCUT2D eigenvalue weighted by molar-refractivity contribution is 6.31. The summed E-state index contributed by atoms with van der Waals surface area (Å²) in [5.41, 5.74) is 8.34. The van der Waals surface area contributed by atoms with Gasteiger partial charge in [-0.25, -0.2) is 0 Å². The lowest BCUT2D eigenvalue weighted by molar-refractivity contribution is -0.123. The summed E-state index contributed by atoms with van der Waals surface area (Å²) >= 11 is 6.25. The van der Waals surface area contributed by atoms with Crippen molar-refractivity contribution in [2.24, 2.45) is 11.7 Å². The molecule has 0 radical (unpaired) electrons. The molecule has 202 valence electrons. The van der Waals surface area contributed by atoms with Crippen LogP contribution in [0.4, 0.5) is 0 Å². The molecule has 0 aromatic heterocycles. The van der Waals surface area contributed by atoms with Gasteiger partial charge in [0, 0.05) is 31.2 Å². The van der Waals surface area contributed by atoms with Gasteiger partial charge in [0.1, 0.15) is 12.2 Å². The molecule has 1 unspecified atom stereocenters. The third-order valence-corrected chi connectivity index (χ3v) is 7.83. The molecule has 1 heterocycles. The number of benzene rings is 3. The molecule has 1 amide bonds. The standard InChI is InChI=1S/C31H38ClN3O3/c1-34(22-25-10-8-9-15-29(25)32)18-20-37-24-38-21-19-35-17-16-28(23-35)31(30(33)36,26-11-4-2-5-12-26)27-13-6-3-7-14-27/h2-15,28H,16-24H2,1H3,(H2,33,36). The third-order valence-electron chi connectivity index (χ3n) is 7.47. The number of likely N-dealkylation sites (tertiary alicyclic amines) is 1. The van der Waals surface area contributed by atoms with Crippen LogP contribution in [0.1, 0.15) is 23.1 Å². The van der Waals surface area contributed by atoms with Crippen LogP contribution in [0.3, 0.4) is 0 Å². The van der Waals surface area contributed by atoms with Crippen LogP contribution in [0, 0.1) is 5.92 Å². The smallest absolute Gasteiger partial charge is 0.232 e. The summed E-state index contributed by atoms with van der Waals surface area (Å²) in [6, 6.07) is 27.8. The van der Waals surface area contributed by atoms with Crippen LogP contribution in [0.5, 0.6) is 0 Å². The first-order valence-electron chi connectivity index (χ1n) is 13.2. The predicted octanol–water partition coefficient (Wildman–Crippen LogP) is 4.56. The number of primary amides is 1. The molecule has 0 saturated carbocycles. The van der Waals surface area contributed by atoms with Crippen LogP contribution < -0.4 is 5.73 Å². The van der Waals surface area contributed by atoms with Crippen molar-refractivity contribution in [3.05, 3.63) is 107 Å². The average Bonchev–Trinajstić information content (AvgIpc) is 3.40. The van der Waals surface area contributed by atoms with E-state index in [1.807, 2.05) is 92.0 Å². The van der Waals surface area contributed by atoms with Crippen molar-refractivity contribution in [2.75, 3.05) is 53.2 Å². The number of ether oxygens (including phenoxy) is 2. The van der Waals surface area contributed by atoms with Crippen molar-refractivity contribution in [3.63, 3.8) is 0 Å². The van der Waals surface area contributed by atoms with E-state index in [9.17, 15) is 4.79 Å². The van der Waals surface area contributed by atoms with Crippen molar-refractivity contribution in [2.45, 2.75) is 18.4 Å². The monoisotopic (exact) mass is 535 g/mol. The number of amides is 1. The van der Waals surface area contributed by atoms with Crippen LogP contribution in [0.25, 0.3) is 0 Å². The number of halogens is 1. The first-order chi connectivity index (χ1) is 18.5. The van der Waals surface area contributed by atoms with E-state index in [0.29, 0.717) is 13.2 Å². The third kappa shape index (κ3) is 6.82. The molecule has 1 saturated heterocycles. The topological polar surface area (TPSA) is 68.0 Å². The summed E-state index contributed by atoms with van der Waals surface area (Å²) in [6.07, 6.45) is 0.890. The van der Waals surface area contributed by atoms with Crippen molar-refractivity contribution in [1.29, 1.82) is 0 Å². The van der Waals surface area contributed by atoms with Crippen molar-refractivity contribution >= 4 is 17.5 Å². The highest BCUT2D eigenvalue weighted by Gasteiger charge is 2.49. The highest BCUT2D eigenvalue weighted by Crippen LogP contribution is 2.43. The van der Waals surface area contributed by atoms with Gasteiger partial charge in [-0.2, -0.15) is 0 Å². The van der Waals surface area contributed by atoms with Crippen molar-refractivity contribution in [1.82, 2.24) is 9.80 Å². The van der Waals surface area contributed by atoms with Crippen LogP contribution >= 0.6 is 11.6 Å². The number of carbonyl (C=O) groups is 1. The molecule has 1 atom stereocenters. The molecular formula is C31H38ClN3O3. The number of hydrogen-bond acceptors (Lipinski definition) is 5. The van der Waals surface area contributed by atoms with Gasteiger partial charge >= 0.3 is 0 Å². The first-order valence-corrected chi connectivity index (χ1v) is 13.6. The number of nitrogens with zero attached hydrogens (tertiary/aromatic N) is 2. The second-order valence-corrected chi connectivity index (χ2v) is 10.4. The Morgan fingerprint density at radius 1 is 0.974 bits per heavy atom. The highest BCUT2D eigenvalue weighted by atomic mass is 35.5. The van der Waals surface area contributed by atoms with Gasteiger partial charge in [-0.3, -0.25) is 9.69 Å². The summed E-state index contributed by atoms with van der Waals surface area (Å²) in [5.74, 6) is -0.222. The Bertz CT molecular complexity index is 1110. The van der Waals surface area contributed by atoms with Crippen LogP contribution in [0.2, 0.25) is 5.02 Å². The number of likely N-dealkylation sites (N-methyl/N-ethyl adjacent to an activating group) is 1. The minimum Gasteiger partial charge on any atom is -0.369 e. The Morgan fingerprint density at radius 3 is 2.21 bits per heavy atom. The molecule has 1 fully saturated rings. The zero-order valence-electron chi connectivity index (χ0n) is 22.1. The normalized spacial score (nSPS) is 16.2. The molecule has 2 N–H and O–H groups in total. The van der Waals surface area contributed by atoms with E-state index in [1.54, 1.807) is 0 Å². The van der Waals surface area contributed by atoms with E-state index in [1.165, 1.54) is 0 Å². The summed E-state index contributed by atoms with van der Waals surface area (Å²) in [6.45, 7) is 5.45. The quantitative estimate of drug-likeness (QED) is 0.242. The lowest BCUT2D eigenvalue weighted by Gasteiger charge is -2.37. The molecule has 0 spiro atoms. The van der Waals surface area contributed by atoms with E-state index in [4.69, 9.17) is 26.8 Å². The Labute approximate surface area is 231 Å². The van der Waals surface area contributed by atoms with Gasteiger partial charge in [0.05, 0.1) is 13.2 Å². The lowest BCUT2D eigenvalue weighted by Crippen LogP contribution is -2.49. The van der Waals surface area contributed by atoms with Crippen LogP contribution in [-0.4, -0.2) is 68.9 Å². The molecule has 4 rings (SSSR count). The zero-order valence-corrected chi connectivity index (χ0v) is 22.9. The second-order valence-electron chi connectivity index (χ2n) is 9.95. The van der Waals surface area contributed by atoms with Gasteiger partial charge in [0.25, 0.3) is 0 Å². The minimum absolute atomic E-state index is 0.0784. The SMILES string of the molecule is CN(CCOCOCCN1CCC(C(C(N)=O)(c2ccccc2)c2ccccc2)C1)Cc1ccccc1Cl.